The normalized spacial score (nSPS) is 21.1. The van der Waals surface area contributed by atoms with Gasteiger partial charge in [0, 0.05) is 5.56 Å². The summed E-state index contributed by atoms with van der Waals surface area (Å²) in [4.78, 5) is 12.2. The molecule has 0 aliphatic heterocycles. The van der Waals surface area contributed by atoms with Crippen LogP contribution in [-0.4, -0.2) is 17.1 Å². The van der Waals surface area contributed by atoms with E-state index in [2.05, 4.69) is 11.4 Å². The van der Waals surface area contributed by atoms with Crippen LogP contribution in [-0.2, 0) is 6.42 Å². The summed E-state index contributed by atoms with van der Waals surface area (Å²) in [6.45, 7) is 0. The number of aliphatic hydroxyl groups is 1. The van der Waals surface area contributed by atoms with Gasteiger partial charge >= 0.3 is 0 Å². The van der Waals surface area contributed by atoms with Crippen molar-refractivity contribution in [1.29, 1.82) is 0 Å². The number of amides is 1. The van der Waals surface area contributed by atoms with Crippen LogP contribution < -0.4 is 5.32 Å². The number of carbonyl (C=O) groups excluding carboxylic acids is 1. The first kappa shape index (κ1) is 12.9. The van der Waals surface area contributed by atoms with Crippen molar-refractivity contribution in [3.63, 3.8) is 0 Å². The second-order valence-corrected chi connectivity index (χ2v) is 5.12. The van der Waals surface area contributed by atoms with Crippen LogP contribution in [0.25, 0.3) is 0 Å². The van der Waals surface area contributed by atoms with Crippen molar-refractivity contribution >= 4 is 5.91 Å². The van der Waals surface area contributed by atoms with Crippen molar-refractivity contribution in [2.45, 2.75) is 25.0 Å². The summed E-state index contributed by atoms with van der Waals surface area (Å²) in [5.74, 6) is -0.147. The number of nitrogens with one attached hydrogen (secondary N) is 1. The van der Waals surface area contributed by atoms with Gasteiger partial charge in [0.25, 0.3) is 5.91 Å². The fraction of sp³-hybridized carbons (Fsp3) is 0.235. The molecule has 0 spiro atoms. The van der Waals surface area contributed by atoms with E-state index in [0.717, 1.165) is 12.0 Å². The number of carbonyl (C=O) groups is 1. The van der Waals surface area contributed by atoms with Crippen molar-refractivity contribution in [3.8, 4) is 0 Å². The highest BCUT2D eigenvalue weighted by Crippen LogP contribution is 2.30. The van der Waals surface area contributed by atoms with Crippen molar-refractivity contribution < 1.29 is 9.90 Å². The summed E-state index contributed by atoms with van der Waals surface area (Å²) in [6, 6.07) is 16.7. The van der Waals surface area contributed by atoms with E-state index in [-0.39, 0.29) is 11.9 Å². The maximum absolute atomic E-state index is 12.2. The first-order valence-electron chi connectivity index (χ1n) is 6.87. The number of hydrogen-bond acceptors (Lipinski definition) is 2. The van der Waals surface area contributed by atoms with Gasteiger partial charge in [-0.1, -0.05) is 42.5 Å². The smallest absolute Gasteiger partial charge is 0.251 e. The molecule has 0 heterocycles. The van der Waals surface area contributed by atoms with Gasteiger partial charge in [-0.15, -0.1) is 0 Å². The quantitative estimate of drug-likeness (QED) is 0.878. The van der Waals surface area contributed by atoms with Crippen LogP contribution in [0.2, 0.25) is 0 Å². The summed E-state index contributed by atoms with van der Waals surface area (Å²) in [5, 5.41) is 13.1. The third-order valence-electron chi connectivity index (χ3n) is 3.81. The van der Waals surface area contributed by atoms with E-state index in [1.807, 2.05) is 36.4 Å². The molecule has 0 saturated heterocycles. The number of aryl methyl sites for hydroxylation is 1. The Morgan fingerprint density at radius 1 is 1.05 bits per heavy atom. The number of rotatable bonds is 2. The van der Waals surface area contributed by atoms with E-state index < -0.39 is 6.10 Å². The van der Waals surface area contributed by atoms with Crippen molar-refractivity contribution in [3.05, 3.63) is 71.3 Å². The van der Waals surface area contributed by atoms with Crippen LogP contribution in [0, 0.1) is 0 Å². The summed E-state index contributed by atoms with van der Waals surface area (Å²) < 4.78 is 0. The van der Waals surface area contributed by atoms with E-state index >= 15 is 0 Å². The molecule has 0 aromatic heterocycles. The summed E-state index contributed by atoms with van der Waals surface area (Å²) in [7, 11) is 0. The Balaban J connectivity index is 1.85. The minimum Gasteiger partial charge on any atom is -0.391 e. The second-order valence-electron chi connectivity index (χ2n) is 5.12. The minimum absolute atomic E-state index is 0.147. The van der Waals surface area contributed by atoms with Crippen molar-refractivity contribution in [2.75, 3.05) is 0 Å². The van der Waals surface area contributed by atoms with Gasteiger partial charge in [0.1, 0.15) is 0 Å². The van der Waals surface area contributed by atoms with Crippen LogP contribution in [0.5, 0.6) is 0 Å². The van der Waals surface area contributed by atoms with Crippen LogP contribution in [0.4, 0.5) is 0 Å². The predicted octanol–water partition coefficient (Wildman–Crippen LogP) is 2.46. The second kappa shape index (κ2) is 5.47. The zero-order valence-electron chi connectivity index (χ0n) is 11.1. The van der Waals surface area contributed by atoms with Gasteiger partial charge < -0.3 is 10.4 Å². The van der Waals surface area contributed by atoms with Crippen LogP contribution >= 0.6 is 0 Å². The molecule has 3 rings (SSSR count). The highest BCUT2D eigenvalue weighted by Gasteiger charge is 2.29. The average molecular weight is 267 g/mol. The van der Waals surface area contributed by atoms with Crippen molar-refractivity contribution in [1.82, 2.24) is 5.32 Å². The van der Waals surface area contributed by atoms with E-state index in [1.165, 1.54) is 5.56 Å². The molecule has 20 heavy (non-hydrogen) atoms. The lowest BCUT2D eigenvalue weighted by molar-refractivity contribution is 0.0791. The number of hydrogen-bond donors (Lipinski definition) is 2. The van der Waals surface area contributed by atoms with E-state index in [1.54, 1.807) is 12.1 Å². The van der Waals surface area contributed by atoms with Gasteiger partial charge in [-0.25, -0.2) is 0 Å². The molecule has 1 aliphatic rings. The van der Waals surface area contributed by atoms with E-state index in [9.17, 15) is 9.90 Å². The molecule has 0 saturated carbocycles. The zero-order chi connectivity index (χ0) is 13.9. The fourth-order valence-corrected chi connectivity index (χ4v) is 2.73. The highest BCUT2D eigenvalue weighted by atomic mass is 16.3. The number of aliphatic hydroxyl groups excluding tert-OH is 1. The standard InChI is InChI=1S/C17H17NO2/c19-15-11-10-12-6-4-5-9-14(12)16(15)18-17(20)13-7-2-1-3-8-13/h1-9,15-16,19H,10-11H2,(H,18,20)/t15-,16-/m1/s1. The summed E-state index contributed by atoms with van der Waals surface area (Å²) >= 11 is 0. The molecule has 2 aromatic rings. The third kappa shape index (κ3) is 2.45. The van der Waals surface area contributed by atoms with Crippen LogP contribution in [0.3, 0.4) is 0 Å². The molecule has 2 atom stereocenters. The first-order chi connectivity index (χ1) is 9.75. The van der Waals surface area contributed by atoms with Gasteiger partial charge in [-0.2, -0.15) is 0 Å². The van der Waals surface area contributed by atoms with Gasteiger partial charge in [-0.05, 0) is 36.1 Å². The Morgan fingerprint density at radius 2 is 1.75 bits per heavy atom. The number of benzene rings is 2. The Labute approximate surface area is 118 Å². The summed E-state index contributed by atoms with van der Waals surface area (Å²) in [6.07, 6.45) is 1.00. The lowest BCUT2D eigenvalue weighted by atomic mass is 9.85. The molecule has 1 aliphatic carbocycles. The Bertz CT molecular complexity index is 609. The van der Waals surface area contributed by atoms with Crippen LogP contribution in [0.15, 0.2) is 54.6 Å². The molecule has 2 aromatic carbocycles. The number of fused-ring (bicyclic) bond motifs is 1. The Morgan fingerprint density at radius 3 is 2.55 bits per heavy atom. The third-order valence-corrected chi connectivity index (χ3v) is 3.81. The van der Waals surface area contributed by atoms with E-state index in [4.69, 9.17) is 0 Å². The van der Waals surface area contributed by atoms with Gasteiger partial charge in [0.15, 0.2) is 0 Å². The molecule has 0 radical (unpaired) electrons. The minimum atomic E-state index is -0.530. The molecule has 1 amide bonds. The summed E-state index contributed by atoms with van der Waals surface area (Å²) in [5.41, 5.74) is 2.84. The largest absolute Gasteiger partial charge is 0.391 e. The highest BCUT2D eigenvalue weighted by molar-refractivity contribution is 5.94. The van der Waals surface area contributed by atoms with E-state index in [0.29, 0.717) is 12.0 Å². The Kier molecular flexibility index (Phi) is 3.52. The molecule has 0 fully saturated rings. The van der Waals surface area contributed by atoms with Gasteiger partial charge in [-0.3, -0.25) is 4.79 Å². The van der Waals surface area contributed by atoms with Crippen LogP contribution in [0.1, 0.15) is 33.9 Å². The first-order valence-corrected chi connectivity index (χ1v) is 6.87. The van der Waals surface area contributed by atoms with Crippen molar-refractivity contribution in [2.24, 2.45) is 0 Å². The monoisotopic (exact) mass is 267 g/mol. The molecule has 0 unspecified atom stereocenters. The molecule has 3 nitrogen and oxygen atoms in total. The van der Waals surface area contributed by atoms with Gasteiger partial charge in [0.2, 0.25) is 0 Å². The molecule has 3 heteroatoms. The lowest BCUT2D eigenvalue weighted by Gasteiger charge is -2.31. The molecular formula is C17H17NO2. The molecule has 0 bridgehead atoms. The molecule has 2 N–H and O–H groups in total. The average Bonchev–Trinajstić information content (AvgIpc) is 2.51. The maximum atomic E-state index is 12.2. The molecular weight excluding hydrogens is 250 g/mol. The molecule has 102 valence electrons. The maximum Gasteiger partial charge on any atom is 0.251 e. The fourth-order valence-electron chi connectivity index (χ4n) is 2.73. The SMILES string of the molecule is O=C(N[C@@H]1c2ccccc2CC[C@H]1O)c1ccccc1. The Hall–Kier alpha value is -2.13. The zero-order valence-corrected chi connectivity index (χ0v) is 11.1. The lowest BCUT2D eigenvalue weighted by Crippen LogP contribution is -2.39. The predicted molar refractivity (Wildman–Crippen MR) is 77.4 cm³/mol. The van der Waals surface area contributed by atoms with Gasteiger partial charge in [0.05, 0.1) is 12.1 Å². The topological polar surface area (TPSA) is 49.3 Å².